The van der Waals surface area contributed by atoms with Gasteiger partial charge in [0.1, 0.15) is 0 Å². The summed E-state index contributed by atoms with van der Waals surface area (Å²) < 4.78 is 27.1. The molecule has 0 fully saturated rings. The predicted octanol–water partition coefficient (Wildman–Crippen LogP) is 1.32. The molecule has 0 aromatic heterocycles. The van der Waals surface area contributed by atoms with Gasteiger partial charge in [0, 0.05) is 10.7 Å². The Kier molecular flexibility index (Phi) is 3.61. The number of fused-ring (bicyclic) bond motifs is 1. The Morgan fingerprint density at radius 3 is 2.60 bits per heavy atom. The molecule has 0 aliphatic carbocycles. The van der Waals surface area contributed by atoms with Gasteiger partial charge >= 0.3 is 12.1 Å². The molecule has 0 saturated heterocycles. The summed E-state index contributed by atoms with van der Waals surface area (Å²) in [7, 11) is 2.47. The minimum atomic E-state index is -3.92. The Hall–Kier alpha value is -1.80. The molecule has 20 heavy (non-hydrogen) atoms. The Labute approximate surface area is 119 Å². The van der Waals surface area contributed by atoms with Crippen LogP contribution < -0.4 is 0 Å². The van der Waals surface area contributed by atoms with Crippen molar-refractivity contribution in [2.24, 2.45) is 0 Å². The Balaban J connectivity index is 2.53. The van der Waals surface area contributed by atoms with Crippen molar-refractivity contribution in [3.05, 3.63) is 29.3 Å². The highest BCUT2D eigenvalue weighted by molar-refractivity contribution is 8.13. The van der Waals surface area contributed by atoms with Gasteiger partial charge in [-0.25, -0.2) is 18.0 Å². The van der Waals surface area contributed by atoms with Crippen LogP contribution in [0, 0.1) is 0 Å². The molecule has 0 saturated carbocycles. The number of hydrogen-bond acceptors (Lipinski definition) is 5. The van der Waals surface area contributed by atoms with E-state index in [9.17, 15) is 18.0 Å². The van der Waals surface area contributed by atoms with E-state index in [-0.39, 0.29) is 11.4 Å². The van der Waals surface area contributed by atoms with Crippen molar-refractivity contribution >= 4 is 31.8 Å². The molecule has 1 aromatic rings. The summed E-state index contributed by atoms with van der Waals surface area (Å²) in [5, 5.41) is 9.10. The van der Waals surface area contributed by atoms with Gasteiger partial charge in [0.25, 0.3) is 9.05 Å². The molecule has 0 spiro atoms. The molecule has 1 amide bonds. The number of ether oxygens (including phenoxy) is 1. The van der Waals surface area contributed by atoms with E-state index >= 15 is 0 Å². The van der Waals surface area contributed by atoms with E-state index in [0.717, 1.165) is 12.0 Å². The van der Waals surface area contributed by atoms with Crippen molar-refractivity contribution in [2.75, 3.05) is 7.11 Å². The van der Waals surface area contributed by atoms with E-state index in [4.69, 9.17) is 15.8 Å². The third-order valence-electron chi connectivity index (χ3n) is 3.01. The second kappa shape index (κ2) is 4.95. The first kappa shape index (κ1) is 14.6. The zero-order chi connectivity index (χ0) is 15.1. The van der Waals surface area contributed by atoms with E-state index in [1.54, 1.807) is 0 Å². The van der Waals surface area contributed by atoms with Crippen LogP contribution >= 0.6 is 10.7 Å². The van der Waals surface area contributed by atoms with Crippen molar-refractivity contribution in [1.82, 2.24) is 4.90 Å². The highest BCUT2D eigenvalue weighted by Crippen LogP contribution is 2.36. The first-order valence-electron chi connectivity index (χ1n) is 5.40. The fourth-order valence-electron chi connectivity index (χ4n) is 2.12. The third-order valence-corrected chi connectivity index (χ3v) is 4.36. The lowest BCUT2D eigenvalue weighted by molar-refractivity contribution is -0.146. The summed E-state index contributed by atoms with van der Waals surface area (Å²) in [5.41, 5.74) is 0.799. The number of carbonyl (C=O) groups is 2. The molecule has 0 radical (unpaired) electrons. The van der Waals surface area contributed by atoms with E-state index in [2.05, 4.69) is 4.74 Å². The number of esters is 1. The lowest BCUT2D eigenvalue weighted by Gasteiger charge is -2.19. The molecule has 1 atom stereocenters. The maximum absolute atomic E-state index is 11.7. The molecule has 1 heterocycles. The van der Waals surface area contributed by atoms with Crippen molar-refractivity contribution in [3.63, 3.8) is 0 Å². The van der Waals surface area contributed by atoms with Crippen molar-refractivity contribution in [3.8, 4) is 0 Å². The Morgan fingerprint density at radius 1 is 1.45 bits per heavy atom. The van der Waals surface area contributed by atoms with Gasteiger partial charge in [-0.2, -0.15) is 0 Å². The number of carboxylic acid groups (broad SMARTS) is 1. The van der Waals surface area contributed by atoms with Crippen LogP contribution in [0.5, 0.6) is 0 Å². The number of nitrogens with zero attached hydrogens (tertiary/aromatic N) is 1. The average Bonchev–Trinajstić information content (AvgIpc) is 2.75. The van der Waals surface area contributed by atoms with E-state index in [1.165, 1.54) is 18.2 Å². The summed E-state index contributed by atoms with van der Waals surface area (Å²) >= 11 is 0. The number of halogens is 1. The quantitative estimate of drug-likeness (QED) is 0.651. The average molecular weight is 320 g/mol. The van der Waals surface area contributed by atoms with Gasteiger partial charge in [-0.05, 0) is 23.3 Å². The molecule has 0 bridgehead atoms. The zero-order valence-corrected chi connectivity index (χ0v) is 11.8. The zero-order valence-electron chi connectivity index (χ0n) is 10.2. The van der Waals surface area contributed by atoms with Crippen molar-refractivity contribution < 1.29 is 27.9 Å². The van der Waals surface area contributed by atoms with Gasteiger partial charge in [0.05, 0.1) is 18.6 Å². The molecule has 1 N–H and O–H groups in total. The Morgan fingerprint density at radius 2 is 2.10 bits per heavy atom. The Bertz CT molecular complexity index is 686. The molecular weight excluding hydrogens is 310 g/mol. The monoisotopic (exact) mass is 319 g/mol. The fourth-order valence-corrected chi connectivity index (χ4v) is 2.93. The van der Waals surface area contributed by atoms with Crippen LogP contribution in [0.2, 0.25) is 0 Å². The van der Waals surface area contributed by atoms with Crippen LogP contribution in [0.25, 0.3) is 0 Å². The van der Waals surface area contributed by atoms with E-state index in [0.29, 0.717) is 11.1 Å². The topological polar surface area (TPSA) is 101 Å². The SMILES string of the molecule is COC(=O)C1c2ccc(S(=O)(=O)Cl)cc2CN1C(=O)O. The minimum Gasteiger partial charge on any atom is -0.467 e. The smallest absolute Gasteiger partial charge is 0.408 e. The fraction of sp³-hybridized carbons (Fsp3) is 0.273. The van der Waals surface area contributed by atoms with E-state index < -0.39 is 27.2 Å². The molecular formula is C11H10ClNO6S. The molecule has 1 aliphatic rings. The number of carbonyl (C=O) groups excluding carboxylic acids is 1. The van der Waals surface area contributed by atoms with Crippen LogP contribution in [0.4, 0.5) is 4.79 Å². The summed E-state index contributed by atoms with van der Waals surface area (Å²) in [5.74, 6) is -0.729. The largest absolute Gasteiger partial charge is 0.467 e. The van der Waals surface area contributed by atoms with Crippen LogP contribution in [-0.4, -0.2) is 37.6 Å². The minimum absolute atomic E-state index is 0.106. The number of amides is 1. The lowest BCUT2D eigenvalue weighted by atomic mass is 10.1. The first-order valence-corrected chi connectivity index (χ1v) is 7.71. The van der Waals surface area contributed by atoms with E-state index in [1.807, 2.05) is 0 Å². The standard InChI is InChI=1S/C11H10ClNO6S/c1-19-10(14)9-8-3-2-7(20(12,17)18)4-6(8)5-13(9)11(15)16/h2-4,9H,5H2,1H3,(H,15,16). The lowest BCUT2D eigenvalue weighted by Crippen LogP contribution is -2.33. The molecule has 108 valence electrons. The normalized spacial score (nSPS) is 17.7. The predicted molar refractivity (Wildman–Crippen MR) is 67.8 cm³/mol. The third kappa shape index (κ3) is 2.44. The first-order chi connectivity index (χ1) is 9.25. The van der Waals surface area contributed by atoms with Crippen LogP contribution in [0.1, 0.15) is 17.2 Å². The van der Waals surface area contributed by atoms with Crippen LogP contribution in [0.15, 0.2) is 23.1 Å². The highest BCUT2D eigenvalue weighted by atomic mass is 35.7. The molecule has 2 rings (SSSR count). The molecule has 9 heteroatoms. The second-order valence-electron chi connectivity index (χ2n) is 4.13. The molecule has 1 aliphatic heterocycles. The number of rotatable bonds is 2. The molecule has 7 nitrogen and oxygen atoms in total. The summed E-state index contributed by atoms with van der Waals surface area (Å²) in [6.45, 7) is -0.106. The summed E-state index contributed by atoms with van der Waals surface area (Å²) in [6.07, 6.45) is -1.30. The van der Waals surface area contributed by atoms with Gasteiger partial charge in [-0.3, -0.25) is 4.90 Å². The second-order valence-corrected chi connectivity index (χ2v) is 6.70. The highest BCUT2D eigenvalue weighted by Gasteiger charge is 2.39. The van der Waals surface area contributed by atoms with Gasteiger partial charge in [0.2, 0.25) is 0 Å². The summed E-state index contributed by atoms with van der Waals surface area (Å²) in [6, 6.07) is 2.76. The van der Waals surface area contributed by atoms with Crippen molar-refractivity contribution in [1.29, 1.82) is 0 Å². The number of benzene rings is 1. The maximum Gasteiger partial charge on any atom is 0.408 e. The summed E-state index contributed by atoms with van der Waals surface area (Å²) in [4.78, 5) is 23.6. The maximum atomic E-state index is 11.7. The van der Waals surface area contributed by atoms with Gasteiger partial charge in [0.15, 0.2) is 6.04 Å². The molecule has 1 unspecified atom stereocenters. The van der Waals surface area contributed by atoms with Gasteiger partial charge in [-0.15, -0.1) is 0 Å². The van der Waals surface area contributed by atoms with Crippen LogP contribution in [0.3, 0.4) is 0 Å². The number of hydrogen-bond donors (Lipinski definition) is 1. The van der Waals surface area contributed by atoms with Crippen molar-refractivity contribution in [2.45, 2.75) is 17.5 Å². The van der Waals surface area contributed by atoms with Gasteiger partial charge in [-0.1, -0.05) is 6.07 Å². The molecule has 1 aromatic carbocycles. The number of methoxy groups -OCH3 is 1. The van der Waals surface area contributed by atoms with Gasteiger partial charge < -0.3 is 9.84 Å². The van der Waals surface area contributed by atoms with Crippen LogP contribution in [-0.2, 0) is 25.1 Å².